The Labute approximate surface area is 93.0 Å². The molecule has 1 aromatic rings. The molecule has 0 bridgehead atoms. The molecule has 0 fully saturated rings. The molecule has 84 valence electrons. The van der Waals surface area contributed by atoms with Crippen molar-refractivity contribution < 1.29 is 15.4 Å². The molecular formula is C6H13Cl2N3O3. The molecule has 1 atom stereocenters. The monoisotopic (exact) mass is 245 g/mol. The van der Waals surface area contributed by atoms with E-state index in [1.165, 1.54) is 6.33 Å². The third-order valence-electron chi connectivity index (χ3n) is 1.31. The number of halogens is 2. The van der Waals surface area contributed by atoms with E-state index in [2.05, 4.69) is 9.97 Å². The Hall–Kier alpha value is -0.820. The van der Waals surface area contributed by atoms with Crippen molar-refractivity contribution >= 4 is 30.8 Å². The Morgan fingerprint density at radius 1 is 1.64 bits per heavy atom. The fourth-order valence-electron chi connectivity index (χ4n) is 0.721. The average molecular weight is 246 g/mol. The minimum absolute atomic E-state index is 0. The first-order valence-corrected chi connectivity index (χ1v) is 3.16. The summed E-state index contributed by atoms with van der Waals surface area (Å²) in [4.78, 5) is 16.8. The van der Waals surface area contributed by atoms with Crippen LogP contribution in [0.1, 0.15) is 5.69 Å². The maximum Gasteiger partial charge on any atom is 0.320 e. The summed E-state index contributed by atoms with van der Waals surface area (Å²) in [6, 6.07) is -0.851. The SMILES string of the molecule is Cl.Cl.NC(Cc1cnc[nH]1)C(=O)O.O. The molecule has 0 saturated carbocycles. The van der Waals surface area contributed by atoms with Gasteiger partial charge in [-0.15, -0.1) is 24.8 Å². The number of hydrogen-bond donors (Lipinski definition) is 3. The minimum atomic E-state index is -1.00. The van der Waals surface area contributed by atoms with Crippen molar-refractivity contribution in [3.8, 4) is 0 Å². The molecule has 0 radical (unpaired) electrons. The van der Waals surface area contributed by atoms with Crippen LogP contribution in [0.2, 0.25) is 0 Å². The van der Waals surface area contributed by atoms with E-state index in [0.29, 0.717) is 0 Å². The van der Waals surface area contributed by atoms with Crippen LogP contribution >= 0.6 is 24.8 Å². The van der Waals surface area contributed by atoms with Crippen LogP contribution in [0.25, 0.3) is 0 Å². The first-order valence-electron chi connectivity index (χ1n) is 3.16. The van der Waals surface area contributed by atoms with Gasteiger partial charge in [-0.2, -0.15) is 0 Å². The minimum Gasteiger partial charge on any atom is -0.480 e. The van der Waals surface area contributed by atoms with Crippen molar-refractivity contribution in [2.75, 3.05) is 0 Å². The summed E-state index contributed by atoms with van der Waals surface area (Å²) in [5.41, 5.74) is 6.00. The van der Waals surface area contributed by atoms with Crippen molar-refractivity contribution in [2.24, 2.45) is 5.73 Å². The van der Waals surface area contributed by atoms with Crippen molar-refractivity contribution in [3.05, 3.63) is 18.2 Å². The first-order chi connectivity index (χ1) is 5.20. The van der Waals surface area contributed by atoms with E-state index in [1.54, 1.807) is 6.20 Å². The second-order valence-corrected chi connectivity index (χ2v) is 2.23. The first kappa shape index (κ1) is 18.9. The summed E-state index contributed by atoms with van der Waals surface area (Å²) in [5, 5.41) is 8.42. The van der Waals surface area contributed by atoms with E-state index in [9.17, 15) is 4.79 Å². The van der Waals surface area contributed by atoms with Gasteiger partial charge in [0.1, 0.15) is 6.04 Å². The van der Waals surface area contributed by atoms with Gasteiger partial charge in [-0.05, 0) is 0 Å². The number of carboxylic acids is 1. The van der Waals surface area contributed by atoms with Crippen LogP contribution in [-0.4, -0.2) is 32.6 Å². The van der Waals surface area contributed by atoms with Gasteiger partial charge in [0.2, 0.25) is 0 Å². The molecule has 1 aromatic heterocycles. The van der Waals surface area contributed by atoms with Crippen molar-refractivity contribution in [2.45, 2.75) is 12.5 Å². The maximum absolute atomic E-state index is 10.3. The van der Waals surface area contributed by atoms with E-state index in [4.69, 9.17) is 10.8 Å². The van der Waals surface area contributed by atoms with Crippen LogP contribution in [0.5, 0.6) is 0 Å². The molecule has 0 aliphatic heterocycles. The van der Waals surface area contributed by atoms with Gasteiger partial charge in [0.25, 0.3) is 0 Å². The Balaban J connectivity index is -0.000000403. The van der Waals surface area contributed by atoms with Crippen LogP contribution in [0, 0.1) is 0 Å². The number of H-pyrrole nitrogens is 1. The molecule has 0 aliphatic rings. The number of nitrogens with one attached hydrogen (secondary N) is 1. The fourth-order valence-corrected chi connectivity index (χ4v) is 0.721. The summed E-state index contributed by atoms with van der Waals surface area (Å²) < 4.78 is 0. The lowest BCUT2D eigenvalue weighted by Gasteiger charge is -2.02. The fraction of sp³-hybridized carbons (Fsp3) is 0.333. The van der Waals surface area contributed by atoms with E-state index >= 15 is 0 Å². The zero-order valence-corrected chi connectivity index (χ0v) is 8.77. The summed E-state index contributed by atoms with van der Waals surface area (Å²) in [6.45, 7) is 0. The zero-order valence-electron chi connectivity index (χ0n) is 7.14. The highest BCUT2D eigenvalue weighted by molar-refractivity contribution is 5.85. The van der Waals surface area contributed by atoms with Crippen LogP contribution in [0.3, 0.4) is 0 Å². The molecule has 6 N–H and O–H groups in total. The lowest BCUT2D eigenvalue weighted by Crippen LogP contribution is -2.32. The van der Waals surface area contributed by atoms with Crippen LogP contribution in [0.15, 0.2) is 12.5 Å². The van der Waals surface area contributed by atoms with Gasteiger partial charge < -0.3 is 21.3 Å². The van der Waals surface area contributed by atoms with Crippen molar-refractivity contribution in [3.63, 3.8) is 0 Å². The average Bonchev–Trinajstić information content (AvgIpc) is 2.39. The Bertz CT molecular complexity index is 242. The second kappa shape index (κ2) is 8.76. The quantitative estimate of drug-likeness (QED) is 0.657. The van der Waals surface area contributed by atoms with Crippen LogP contribution in [0.4, 0.5) is 0 Å². The van der Waals surface area contributed by atoms with E-state index < -0.39 is 12.0 Å². The second-order valence-electron chi connectivity index (χ2n) is 2.23. The maximum atomic E-state index is 10.3. The number of aromatic nitrogens is 2. The highest BCUT2D eigenvalue weighted by Gasteiger charge is 2.11. The van der Waals surface area contributed by atoms with Gasteiger partial charge in [-0.3, -0.25) is 4.79 Å². The van der Waals surface area contributed by atoms with E-state index in [0.717, 1.165) is 5.69 Å². The lowest BCUT2D eigenvalue weighted by molar-refractivity contribution is -0.138. The molecule has 0 aromatic carbocycles. The van der Waals surface area contributed by atoms with E-state index in [1.807, 2.05) is 0 Å². The molecule has 0 spiro atoms. The smallest absolute Gasteiger partial charge is 0.320 e. The normalized spacial score (nSPS) is 10.1. The molecule has 0 aliphatic carbocycles. The predicted octanol–water partition coefficient (Wildman–Crippen LogP) is -0.617. The standard InChI is InChI=1S/C6H9N3O2.2ClH.H2O/c7-5(6(10)11)1-4-2-8-3-9-4;;;/h2-3,5H,1,7H2,(H,8,9)(H,10,11);2*1H;1H2. The molecular weight excluding hydrogens is 233 g/mol. The number of nitrogens with zero attached hydrogens (tertiary/aromatic N) is 1. The lowest BCUT2D eigenvalue weighted by atomic mass is 10.2. The van der Waals surface area contributed by atoms with Gasteiger partial charge in [0.15, 0.2) is 0 Å². The predicted molar refractivity (Wildman–Crippen MR) is 56.0 cm³/mol. The third-order valence-corrected chi connectivity index (χ3v) is 1.31. The topological polar surface area (TPSA) is 124 Å². The number of aromatic amines is 1. The summed E-state index contributed by atoms with van der Waals surface area (Å²) in [7, 11) is 0. The number of rotatable bonds is 3. The molecule has 0 saturated heterocycles. The number of carboxylic acid groups (broad SMARTS) is 1. The largest absolute Gasteiger partial charge is 0.480 e. The van der Waals surface area contributed by atoms with E-state index in [-0.39, 0.29) is 36.7 Å². The number of hydrogen-bond acceptors (Lipinski definition) is 3. The highest BCUT2D eigenvalue weighted by atomic mass is 35.5. The highest BCUT2D eigenvalue weighted by Crippen LogP contribution is 1.95. The molecule has 1 unspecified atom stereocenters. The third kappa shape index (κ3) is 5.76. The Morgan fingerprint density at radius 3 is 2.57 bits per heavy atom. The number of nitrogens with two attached hydrogens (primary N) is 1. The summed E-state index contributed by atoms with van der Waals surface area (Å²) in [5.74, 6) is -1.00. The molecule has 1 rings (SSSR count). The van der Waals surface area contributed by atoms with Gasteiger partial charge >= 0.3 is 5.97 Å². The van der Waals surface area contributed by atoms with Gasteiger partial charge in [-0.25, -0.2) is 4.98 Å². The molecule has 0 amide bonds. The van der Waals surface area contributed by atoms with Crippen LogP contribution < -0.4 is 5.73 Å². The molecule has 8 heteroatoms. The van der Waals surface area contributed by atoms with Gasteiger partial charge in [0, 0.05) is 18.3 Å². The molecule has 1 heterocycles. The number of aliphatic carboxylic acids is 1. The summed E-state index contributed by atoms with van der Waals surface area (Å²) >= 11 is 0. The Kier molecular flexibility index (Phi) is 11.8. The Morgan fingerprint density at radius 2 is 2.21 bits per heavy atom. The number of imidazole rings is 1. The number of carbonyl (C=O) groups is 1. The van der Waals surface area contributed by atoms with Crippen molar-refractivity contribution in [1.82, 2.24) is 9.97 Å². The van der Waals surface area contributed by atoms with Gasteiger partial charge in [0.05, 0.1) is 6.33 Å². The molecule has 14 heavy (non-hydrogen) atoms. The summed E-state index contributed by atoms with van der Waals surface area (Å²) in [6.07, 6.45) is 3.34. The van der Waals surface area contributed by atoms with Crippen molar-refractivity contribution in [1.29, 1.82) is 0 Å². The van der Waals surface area contributed by atoms with Crippen LogP contribution in [-0.2, 0) is 11.2 Å². The molecule has 6 nitrogen and oxygen atoms in total. The zero-order chi connectivity index (χ0) is 8.27. The van der Waals surface area contributed by atoms with Gasteiger partial charge in [-0.1, -0.05) is 0 Å².